The maximum Gasteiger partial charge on any atom is 0.315 e. The summed E-state index contributed by atoms with van der Waals surface area (Å²) in [5, 5.41) is 5.88. The highest BCUT2D eigenvalue weighted by Crippen LogP contribution is 2.24. The van der Waals surface area contributed by atoms with Gasteiger partial charge in [-0.1, -0.05) is 30.3 Å². The first-order valence-electron chi connectivity index (χ1n) is 8.24. The van der Waals surface area contributed by atoms with Crippen LogP contribution < -0.4 is 10.6 Å². The molecule has 2 N–H and O–H groups in total. The van der Waals surface area contributed by atoms with E-state index in [0.29, 0.717) is 13.1 Å². The maximum absolute atomic E-state index is 12.1. The minimum absolute atomic E-state index is 0.0865. The molecule has 0 spiro atoms. The van der Waals surface area contributed by atoms with E-state index in [0.717, 1.165) is 35.9 Å². The van der Waals surface area contributed by atoms with Crippen LogP contribution in [-0.2, 0) is 6.54 Å². The van der Waals surface area contributed by atoms with E-state index in [1.165, 1.54) is 0 Å². The Labute approximate surface area is 146 Å². The number of nitrogens with zero attached hydrogens (tertiary/aromatic N) is 1. The molecular formula is C18H23N3O2S. The van der Waals surface area contributed by atoms with Crippen LogP contribution in [0.4, 0.5) is 4.79 Å². The Morgan fingerprint density at radius 3 is 2.62 bits per heavy atom. The minimum Gasteiger partial charge on any atom is -0.468 e. The van der Waals surface area contributed by atoms with Crippen molar-refractivity contribution in [2.24, 2.45) is 0 Å². The molecule has 2 aromatic rings. The SMILES string of the molecule is O=C(NCc1ccccc1)NC[C@H](c1ccco1)N1CCSCC1. The van der Waals surface area contributed by atoms with Crippen molar-refractivity contribution in [3.05, 3.63) is 60.1 Å². The van der Waals surface area contributed by atoms with E-state index < -0.39 is 0 Å². The number of thioether (sulfide) groups is 1. The van der Waals surface area contributed by atoms with Crippen LogP contribution in [0.15, 0.2) is 53.1 Å². The molecule has 1 fully saturated rings. The molecule has 1 aliphatic heterocycles. The summed E-state index contributed by atoms with van der Waals surface area (Å²) in [5.41, 5.74) is 1.09. The number of benzene rings is 1. The van der Waals surface area contributed by atoms with Crippen LogP contribution in [0.5, 0.6) is 0 Å². The number of carbonyl (C=O) groups is 1. The smallest absolute Gasteiger partial charge is 0.315 e. The van der Waals surface area contributed by atoms with E-state index in [1.54, 1.807) is 6.26 Å². The number of urea groups is 1. The van der Waals surface area contributed by atoms with Crippen molar-refractivity contribution >= 4 is 17.8 Å². The molecule has 0 saturated carbocycles. The zero-order valence-electron chi connectivity index (χ0n) is 13.6. The fourth-order valence-electron chi connectivity index (χ4n) is 2.81. The van der Waals surface area contributed by atoms with Gasteiger partial charge in [0.1, 0.15) is 5.76 Å². The molecule has 2 heterocycles. The molecule has 24 heavy (non-hydrogen) atoms. The second-order valence-corrected chi connectivity index (χ2v) is 6.95. The first-order chi connectivity index (χ1) is 11.8. The van der Waals surface area contributed by atoms with Gasteiger partial charge in [-0.3, -0.25) is 4.90 Å². The summed E-state index contributed by atoms with van der Waals surface area (Å²) in [6, 6.07) is 13.7. The van der Waals surface area contributed by atoms with E-state index >= 15 is 0 Å². The lowest BCUT2D eigenvalue weighted by Gasteiger charge is -2.33. The average Bonchev–Trinajstić information content (AvgIpc) is 3.16. The number of amides is 2. The fraction of sp³-hybridized carbons (Fsp3) is 0.389. The third-order valence-corrected chi connectivity index (χ3v) is 5.05. The first-order valence-corrected chi connectivity index (χ1v) is 9.39. The molecule has 5 nitrogen and oxygen atoms in total. The van der Waals surface area contributed by atoms with Crippen molar-refractivity contribution in [3.8, 4) is 0 Å². The van der Waals surface area contributed by atoms with Gasteiger partial charge in [0.15, 0.2) is 0 Å². The second-order valence-electron chi connectivity index (χ2n) is 5.73. The van der Waals surface area contributed by atoms with Crippen molar-refractivity contribution in [2.75, 3.05) is 31.1 Å². The van der Waals surface area contributed by atoms with Crippen molar-refractivity contribution in [1.82, 2.24) is 15.5 Å². The van der Waals surface area contributed by atoms with Crippen LogP contribution in [0.25, 0.3) is 0 Å². The summed E-state index contributed by atoms with van der Waals surface area (Å²) in [6.45, 7) is 3.10. The normalized spacial score (nSPS) is 16.5. The summed E-state index contributed by atoms with van der Waals surface area (Å²) in [5.74, 6) is 3.15. The molecule has 0 aliphatic carbocycles. The Kier molecular flexibility index (Phi) is 6.20. The van der Waals surface area contributed by atoms with E-state index in [9.17, 15) is 4.79 Å². The van der Waals surface area contributed by atoms with Gasteiger partial charge in [-0.15, -0.1) is 0 Å². The van der Waals surface area contributed by atoms with Crippen molar-refractivity contribution < 1.29 is 9.21 Å². The Hall–Kier alpha value is -1.92. The van der Waals surface area contributed by atoms with Gasteiger partial charge in [-0.2, -0.15) is 11.8 Å². The number of carbonyl (C=O) groups excluding carboxylic acids is 1. The van der Waals surface area contributed by atoms with Crippen LogP contribution in [0.2, 0.25) is 0 Å². The molecule has 1 aliphatic rings. The second kappa shape index (κ2) is 8.80. The monoisotopic (exact) mass is 345 g/mol. The lowest BCUT2D eigenvalue weighted by molar-refractivity contribution is 0.185. The molecule has 0 radical (unpaired) electrons. The van der Waals surface area contributed by atoms with Crippen LogP contribution in [-0.4, -0.2) is 42.1 Å². The largest absolute Gasteiger partial charge is 0.468 e. The third kappa shape index (κ3) is 4.79. The molecular weight excluding hydrogens is 322 g/mol. The average molecular weight is 345 g/mol. The summed E-state index contributed by atoms with van der Waals surface area (Å²) in [4.78, 5) is 14.5. The number of nitrogens with one attached hydrogen (secondary N) is 2. The third-order valence-electron chi connectivity index (χ3n) is 4.11. The minimum atomic E-state index is -0.151. The summed E-state index contributed by atoms with van der Waals surface area (Å²) >= 11 is 1.97. The van der Waals surface area contributed by atoms with Gasteiger partial charge in [0.25, 0.3) is 0 Å². The number of hydrogen-bond acceptors (Lipinski definition) is 4. The van der Waals surface area contributed by atoms with E-state index in [-0.39, 0.29) is 12.1 Å². The molecule has 1 aromatic carbocycles. The molecule has 1 aromatic heterocycles. The van der Waals surface area contributed by atoms with Crippen molar-refractivity contribution in [2.45, 2.75) is 12.6 Å². The van der Waals surface area contributed by atoms with E-state index in [2.05, 4.69) is 15.5 Å². The van der Waals surface area contributed by atoms with Gasteiger partial charge < -0.3 is 15.1 Å². The van der Waals surface area contributed by atoms with E-state index in [4.69, 9.17) is 4.42 Å². The highest BCUT2D eigenvalue weighted by molar-refractivity contribution is 7.99. The van der Waals surface area contributed by atoms with Crippen molar-refractivity contribution in [3.63, 3.8) is 0 Å². The van der Waals surface area contributed by atoms with Gasteiger partial charge in [0, 0.05) is 37.7 Å². The zero-order valence-corrected chi connectivity index (χ0v) is 14.4. The van der Waals surface area contributed by atoms with Gasteiger partial charge in [0.2, 0.25) is 0 Å². The van der Waals surface area contributed by atoms with Crippen molar-refractivity contribution in [1.29, 1.82) is 0 Å². The molecule has 1 atom stereocenters. The summed E-state index contributed by atoms with van der Waals surface area (Å²) < 4.78 is 5.59. The Balaban J connectivity index is 1.52. The molecule has 2 amide bonds. The molecule has 6 heteroatoms. The van der Waals surface area contributed by atoms with Gasteiger partial charge in [0.05, 0.1) is 12.3 Å². The lowest BCUT2D eigenvalue weighted by atomic mass is 10.2. The topological polar surface area (TPSA) is 57.5 Å². The number of rotatable bonds is 6. The van der Waals surface area contributed by atoms with Crippen LogP contribution in [0, 0.1) is 0 Å². The Morgan fingerprint density at radius 1 is 1.12 bits per heavy atom. The summed E-state index contributed by atoms with van der Waals surface area (Å²) in [6.07, 6.45) is 1.69. The quantitative estimate of drug-likeness (QED) is 0.845. The van der Waals surface area contributed by atoms with Crippen LogP contribution in [0.3, 0.4) is 0 Å². The molecule has 0 unspecified atom stereocenters. The first kappa shape index (κ1) is 16.9. The number of hydrogen-bond donors (Lipinski definition) is 2. The zero-order chi connectivity index (χ0) is 16.6. The van der Waals surface area contributed by atoms with Crippen LogP contribution >= 0.6 is 11.8 Å². The molecule has 128 valence electrons. The predicted octanol–water partition coefficient (Wildman–Crippen LogP) is 2.87. The standard InChI is InChI=1S/C18H23N3O2S/c22-18(19-13-15-5-2-1-3-6-15)20-14-16(17-7-4-10-23-17)21-8-11-24-12-9-21/h1-7,10,16H,8-9,11-14H2,(H2,19,20,22)/t16-/m1/s1. The molecule has 1 saturated heterocycles. The maximum atomic E-state index is 12.1. The van der Waals surface area contributed by atoms with Gasteiger partial charge in [-0.05, 0) is 17.7 Å². The molecule has 0 bridgehead atoms. The van der Waals surface area contributed by atoms with Crippen LogP contribution in [0.1, 0.15) is 17.4 Å². The summed E-state index contributed by atoms with van der Waals surface area (Å²) in [7, 11) is 0. The fourth-order valence-corrected chi connectivity index (χ4v) is 3.74. The highest BCUT2D eigenvalue weighted by Gasteiger charge is 2.24. The lowest BCUT2D eigenvalue weighted by Crippen LogP contribution is -2.44. The number of furan rings is 1. The Morgan fingerprint density at radius 2 is 1.92 bits per heavy atom. The highest BCUT2D eigenvalue weighted by atomic mass is 32.2. The van der Waals surface area contributed by atoms with E-state index in [1.807, 2.05) is 54.2 Å². The molecule has 3 rings (SSSR count). The van der Waals surface area contributed by atoms with Gasteiger partial charge in [-0.25, -0.2) is 4.79 Å². The Bertz CT molecular complexity index is 612. The predicted molar refractivity (Wildman–Crippen MR) is 97.0 cm³/mol. The van der Waals surface area contributed by atoms with Gasteiger partial charge >= 0.3 is 6.03 Å².